The van der Waals surface area contributed by atoms with Crippen LogP contribution < -0.4 is 11.2 Å². The van der Waals surface area contributed by atoms with Crippen molar-refractivity contribution < 1.29 is 9.59 Å². The van der Waals surface area contributed by atoms with Gasteiger partial charge in [-0.1, -0.05) is 13.8 Å². The summed E-state index contributed by atoms with van der Waals surface area (Å²) in [7, 11) is 0. The van der Waals surface area contributed by atoms with E-state index in [1.807, 2.05) is 13.8 Å². The number of hydrogen-bond acceptors (Lipinski definition) is 4. The summed E-state index contributed by atoms with van der Waals surface area (Å²) in [6.45, 7) is 4.06. The summed E-state index contributed by atoms with van der Waals surface area (Å²) >= 11 is 0. The van der Waals surface area contributed by atoms with E-state index in [-0.39, 0.29) is 17.1 Å². The first-order valence-electron chi connectivity index (χ1n) is 6.59. The Hall–Kier alpha value is -2.17. The van der Waals surface area contributed by atoms with Crippen LogP contribution in [0.25, 0.3) is 0 Å². The molecule has 0 aliphatic heterocycles. The van der Waals surface area contributed by atoms with Gasteiger partial charge in [0.15, 0.2) is 0 Å². The molecule has 0 atom stereocenters. The number of ketones is 1. The van der Waals surface area contributed by atoms with Gasteiger partial charge in [0, 0.05) is 29.8 Å². The van der Waals surface area contributed by atoms with Gasteiger partial charge in [-0.2, -0.15) is 5.10 Å². The van der Waals surface area contributed by atoms with Gasteiger partial charge < -0.3 is 5.73 Å². The van der Waals surface area contributed by atoms with E-state index in [4.69, 9.17) is 5.73 Å². The number of carbonyl (C=O) groups excluding carboxylic acids is 2. The molecule has 20 heavy (non-hydrogen) atoms. The minimum absolute atomic E-state index is 0.0832. The fourth-order valence-electron chi connectivity index (χ4n) is 2.41. The molecule has 1 fully saturated rings. The predicted molar refractivity (Wildman–Crippen MR) is 78.4 cm³/mol. The van der Waals surface area contributed by atoms with Crippen molar-refractivity contribution in [2.24, 2.45) is 10.5 Å². The number of hydrazone groups is 1. The van der Waals surface area contributed by atoms with Crippen molar-refractivity contribution in [2.75, 3.05) is 5.73 Å². The average Bonchev–Trinajstić information content (AvgIpc) is 2.34. The van der Waals surface area contributed by atoms with Crippen LogP contribution in [0, 0.1) is 5.41 Å². The molecule has 1 saturated carbocycles. The summed E-state index contributed by atoms with van der Waals surface area (Å²) in [5, 5.41) is 4.09. The zero-order valence-electron chi connectivity index (χ0n) is 11.8. The quantitative estimate of drug-likeness (QED) is 0.639. The molecule has 0 unspecified atom stereocenters. The van der Waals surface area contributed by atoms with Gasteiger partial charge in [-0.25, -0.2) is 5.43 Å². The normalized spacial score (nSPS) is 19.9. The van der Waals surface area contributed by atoms with Gasteiger partial charge in [-0.05, 0) is 36.1 Å². The number of carbonyl (C=O) groups is 2. The third kappa shape index (κ3) is 3.66. The summed E-state index contributed by atoms with van der Waals surface area (Å²) in [4.78, 5) is 23.5. The number of nitrogen functional groups attached to an aromatic ring is 1. The predicted octanol–water partition coefficient (Wildman–Crippen LogP) is 2.13. The second kappa shape index (κ2) is 5.45. The number of hydrogen-bond donors (Lipinski definition) is 2. The summed E-state index contributed by atoms with van der Waals surface area (Å²) in [6.07, 6.45) is 1.62. The van der Waals surface area contributed by atoms with Gasteiger partial charge in [0.1, 0.15) is 5.78 Å². The second-order valence-corrected chi connectivity index (χ2v) is 5.97. The van der Waals surface area contributed by atoms with Crippen LogP contribution in [0.1, 0.15) is 43.5 Å². The number of nitrogens with one attached hydrogen (secondary N) is 1. The smallest absolute Gasteiger partial charge is 0.271 e. The second-order valence-electron chi connectivity index (χ2n) is 5.97. The van der Waals surface area contributed by atoms with Crippen LogP contribution in [0.5, 0.6) is 0 Å². The minimum Gasteiger partial charge on any atom is -0.399 e. The lowest BCUT2D eigenvalue weighted by Crippen LogP contribution is -2.31. The van der Waals surface area contributed by atoms with Crippen molar-refractivity contribution in [1.29, 1.82) is 0 Å². The first-order chi connectivity index (χ1) is 9.35. The molecule has 0 saturated heterocycles. The first kappa shape index (κ1) is 14.2. The standard InChI is InChI=1S/C15H19N3O2/c1-15(2)8-12(7-13(19)9-15)17-18-14(20)10-3-5-11(16)6-4-10/h3-6H,7-9,16H2,1-2H3,(H,18,20)/b17-12+. The summed E-state index contributed by atoms with van der Waals surface area (Å²) in [6, 6.07) is 6.60. The van der Waals surface area contributed by atoms with Crippen LogP contribution >= 0.6 is 0 Å². The largest absolute Gasteiger partial charge is 0.399 e. The Balaban J connectivity index is 2.03. The molecule has 1 aliphatic carbocycles. The number of rotatable bonds is 2. The summed E-state index contributed by atoms with van der Waals surface area (Å²) in [5.41, 5.74) is 9.81. The lowest BCUT2D eigenvalue weighted by molar-refractivity contribution is -0.120. The van der Waals surface area contributed by atoms with Crippen LogP contribution in [-0.4, -0.2) is 17.4 Å². The monoisotopic (exact) mass is 273 g/mol. The third-order valence-electron chi connectivity index (χ3n) is 3.25. The van der Waals surface area contributed by atoms with E-state index < -0.39 is 0 Å². The van der Waals surface area contributed by atoms with Crippen LogP contribution in [0.2, 0.25) is 0 Å². The van der Waals surface area contributed by atoms with Crippen LogP contribution in [-0.2, 0) is 4.79 Å². The number of Topliss-reactive ketones (excluding diaryl/α,β-unsaturated/α-hetero) is 1. The number of anilines is 1. The molecule has 1 amide bonds. The third-order valence-corrected chi connectivity index (χ3v) is 3.25. The van der Waals surface area contributed by atoms with Crippen molar-refractivity contribution in [3.8, 4) is 0 Å². The highest BCUT2D eigenvalue weighted by molar-refractivity contribution is 6.05. The fourth-order valence-corrected chi connectivity index (χ4v) is 2.41. The van der Waals surface area contributed by atoms with Gasteiger partial charge in [0.05, 0.1) is 0 Å². The van der Waals surface area contributed by atoms with Crippen LogP contribution in [0.4, 0.5) is 5.69 Å². The maximum Gasteiger partial charge on any atom is 0.271 e. The molecule has 2 rings (SSSR count). The van der Waals surface area contributed by atoms with E-state index in [0.717, 1.165) is 12.1 Å². The van der Waals surface area contributed by atoms with E-state index in [0.29, 0.717) is 24.1 Å². The van der Waals surface area contributed by atoms with E-state index in [1.165, 1.54) is 0 Å². The zero-order valence-corrected chi connectivity index (χ0v) is 11.8. The molecule has 1 aromatic carbocycles. The SMILES string of the molecule is CC1(C)CC(=O)C/C(=N\NC(=O)c2ccc(N)cc2)C1. The van der Waals surface area contributed by atoms with Crippen LogP contribution in [0.15, 0.2) is 29.4 Å². The van der Waals surface area contributed by atoms with Crippen LogP contribution in [0.3, 0.4) is 0 Å². The van der Waals surface area contributed by atoms with E-state index >= 15 is 0 Å². The van der Waals surface area contributed by atoms with Gasteiger partial charge in [-0.15, -0.1) is 0 Å². The Morgan fingerprint density at radius 3 is 2.50 bits per heavy atom. The molecule has 0 aromatic heterocycles. The number of nitrogens with two attached hydrogens (primary N) is 1. The maximum atomic E-state index is 11.9. The van der Waals surface area contributed by atoms with Crippen molar-refractivity contribution in [3.05, 3.63) is 29.8 Å². The van der Waals surface area contributed by atoms with Crippen molar-refractivity contribution in [2.45, 2.75) is 33.1 Å². The zero-order chi connectivity index (χ0) is 14.8. The Morgan fingerprint density at radius 2 is 1.90 bits per heavy atom. The van der Waals surface area contributed by atoms with Gasteiger partial charge >= 0.3 is 0 Å². The molecular formula is C15H19N3O2. The molecule has 0 spiro atoms. The molecule has 106 valence electrons. The highest BCUT2D eigenvalue weighted by atomic mass is 16.2. The minimum atomic E-state index is -0.298. The van der Waals surface area contributed by atoms with E-state index in [2.05, 4.69) is 10.5 Å². The summed E-state index contributed by atoms with van der Waals surface area (Å²) < 4.78 is 0. The lowest BCUT2D eigenvalue weighted by atomic mass is 9.76. The highest BCUT2D eigenvalue weighted by Gasteiger charge is 2.30. The van der Waals surface area contributed by atoms with Gasteiger partial charge in [0.25, 0.3) is 5.91 Å². The topological polar surface area (TPSA) is 84.5 Å². The van der Waals surface area contributed by atoms with E-state index in [9.17, 15) is 9.59 Å². The van der Waals surface area contributed by atoms with Crippen molar-refractivity contribution >= 4 is 23.1 Å². The molecule has 0 bridgehead atoms. The number of nitrogens with zero attached hydrogens (tertiary/aromatic N) is 1. The Labute approximate surface area is 118 Å². The summed E-state index contributed by atoms with van der Waals surface area (Å²) in [5.74, 6) is -0.130. The molecular weight excluding hydrogens is 254 g/mol. The van der Waals surface area contributed by atoms with Crippen molar-refractivity contribution in [1.82, 2.24) is 5.43 Å². The highest BCUT2D eigenvalue weighted by Crippen LogP contribution is 2.31. The van der Waals surface area contributed by atoms with Gasteiger partial charge in [-0.3, -0.25) is 9.59 Å². The molecule has 1 aliphatic rings. The molecule has 1 aromatic rings. The Morgan fingerprint density at radius 1 is 1.25 bits per heavy atom. The molecule has 3 N–H and O–H groups in total. The number of amides is 1. The maximum absolute atomic E-state index is 11.9. The Kier molecular flexibility index (Phi) is 3.88. The Bertz CT molecular complexity index is 559. The van der Waals surface area contributed by atoms with Crippen molar-refractivity contribution in [3.63, 3.8) is 0 Å². The lowest BCUT2D eigenvalue weighted by Gasteiger charge is -2.28. The molecule has 5 nitrogen and oxygen atoms in total. The molecule has 5 heteroatoms. The van der Waals surface area contributed by atoms with Gasteiger partial charge in [0.2, 0.25) is 0 Å². The first-order valence-corrected chi connectivity index (χ1v) is 6.59. The molecule has 0 heterocycles. The van der Waals surface area contributed by atoms with E-state index in [1.54, 1.807) is 24.3 Å². The average molecular weight is 273 g/mol. The number of benzene rings is 1. The fraction of sp³-hybridized carbons (Fsp3) is 0.400. The molecule has 0 radical (unpaired) electrons.